The first-order valence-electron chi connectivity index (χ1n) is 10.2. The predicted molar refractivity (Wildman–Crippen MR) is 111 cm³/mol. The largest absolute Gasteiger partial charge is 0.378 e. The molecule has 2 fully saturated rings. The lowest BCUT2D eigenvalue weighted by molar-refractivity contribution is 0.102. The number of hydrogen-bond donors (Lipinski definition) is 1. The number of nitrogens with one attached hydrogen (secondary N) is 1. The van der Waals surface area contributed by atoms with Crippen molar-refractivity contribution >= 4 is 17.3 Å². The van der Waals surface area contributed by atoms with Crippen LogP contribution < -0.4 is 10.2 Å². The molecule has 0 saturated carbocycles. The summed E-state index contributed by atoms with van der Waals surface area (Å²) in [7, 11) is 0. The van der Waals surface area contributed by atoms with E-state index >= 15 is 0 Å². The molecule has 29 heavy (non-hydrogen) atoms. The molecular formula is C23H27FN2O3. The maximum absolute atomic E-state index is 14.2. The van der Waals surface area contributed by atoms with Gasteiger partial charge in [0, 0.05) is 36.6 Å². The van der Waals surface area contributed by atoms with Crippen molar-refractivity contribution < 1.29 is 18.7 Å². The number of anilines is 2. The van der Waals surface area contributed by atoms with Crippen molar-refractivity contribution in [3.8, 4) is 0 Å². The van der Waals surface area contributed by atoms with Crippen LogP contribution in [0.2, 0.25) is 0 Å². The molecule has 0 radical (unpaired) electrons. The molecule has 0 aliphatic carbocycles. The van der Waals surface area contributed by atoms with Crippen molar-refractivity contribution in [2.24, 2.45) is 0 Å². The quantitative estimate of drug-likeness (QED) is 0.829. The Kier molecular flexibility index (Phi) is 6.11. The summed E-state index contributed by atoms with van der Waals surface area (Å²) in [6.07, 6.45) is 3.27. The number of carbonyl (C=O) groups excluding carboxylic acids is 1. The van der Waals surface area contributed by atoms with E-state index < -0.39 is 5.82 Å². The molecule has 2 aromatic rings. The molecule has 0 spiro atoms. The van der Waals surface area contributed by atoms with E-state index in [1.807, 2.05) is 23.1 Å². The second-order valence-corrected chi connectivity index (χ2v) is 7.73. The van der Waals surface area contributed by atoms with E-state index in [9.17, 15) is 9.18 Å². The van der Waals surface area contributed by atoms with Crippen molar-refractivity contribution in [3.05, 3.63) is 58.9 Å². The van der Waals surface area contributed by atoms with E-state index in [4.69, 9.17) is 9.47 Å². The summed E-state index contributed by atoms with van der Waals surface area (Å²) in [5, 5.41) is 2.92. The maximum Gasteiger partial charge on any atom is 0.255 e. The smallest absolute Gasteiger partial charge is 0.255 e. The molecule has 2 aliphatic rings. The summed E-state index contributed by atoms with van der Waals surface area (Å²) in [6, 6.07) is 10.4. The Morgan fingerprint density at radius 2 is 2.00 bits per heavy atom. The SMILES string of the molecule is Cc1ccc(NC(=O)c2cc(F)cc(N3CCOCC3)c2)cc1CC1CCCO1. The van der Waals surface area contributed by atoms with Crippen LogP contribution in [0.25, 0.3) is 0 Å². The van der Waals surface area contributed by atoms with Crippen LogP contribution in [0.5, 0.6) is 0 Å². The Balaban J connectivity index is 1.49. The van der Waals surface area contributed by atoms with Gasteiger partial charge in [0.25, 0.3) is 5.91 Å². The fourth-order valence-corrected chi connectivity index (χ4v) is 3.93. The van der Waals surface area contributed by atoms with E-state index in [1.165, 1.54) is 23.3 Å². The molecule has 0 aromatic heterocycles. The minimum absolute atomic E-state index is 0.249. The molecule has 2 aliphatic heterocycles. The zero-order valence-electron chi connectivity index (χ0n) is 16.7. The van der Waals surface area contributed by atoms with E-state index in [1.54, 1.807) is 6.07 Å². The number of hydrogen-bond acceptors (Lipinski definition) is 4. The van der Waals surface area contributed by atoms with Crippen LogP contribution in [0.15, 0.2) is 36.4 Å². The number of rotatable bonds is 5. The summed E-state index contributed by atoms with van der Waals surface area (Å²) >= 11 is 0. The zero-order chi connectivity index (χ0) is 20.2. The monoisotopic (exact) mass is 398 g/mol. The van der Waals surface area contributed by atoms with Gasteiger partial charge in [0.05, 0.1) is 19.3 Å². The maximum atomic E-state index is 14.2. The molecule has 1 amide bonds. The van der Waals surface area contributed by atoms with Crippen molar-refractivity contribution in [2.45, 2.75) is 32.3 Å². The molecular weight excluding hydrogens is 371 g/mol. The molecule has 2 saturated heterocycles. The van der Waals surface area contributed by atoms with E-state index in [-0.39, 0.29) is 12.0 Å². The van der Waals surface area contributed by atoms with Crippen LogP contribution in [0.1, 0.15) is 34.3 Å². The van der Waals surface area contributed by atoms with Gasteiger partial charge in [-0.1, -0.05) is 6.07 Å². The van der Waals surface area contributed by atoms with E-state index in [0.29, 0.717) is 43.2 Å². The molecule has 154 valence electrons. The molecule has 1 atom stereocenters. The summed E-state index contributed by atoms with van der Waals surface area (Å²) < 4.78 is 25.3. The predicted octanol–water partition coefficient (Wildman–Crippen LogP) is 3.94. The molecule has 6 heteroatoms. The number of ether oxygens (including phenoxy) is 2. The third kappa shape index (κ3) is 4.95. The van der Waals surface area contributed by atoms with Gasteiger partial charge >= 0.3 is 0 Å². The van der Waals surface area contributed by atoms with Crippen molar-refractivity contribution in [1.82, 2.24) is 0 Å². The highest BCUT2D eigenvalue weighted by Gasteiger charge is 2.18. The molecule has 1 N–H and O–H groups in total. The fourth-order valence-electron chi connectivity index (χ4n) is 3.93. The van der Waals surface area contributed by atoms with Gasteiger partial charge < -0.3 is 19.7 Å². The third-order valence-electron chi connectivity index (χ3n) is 5.60. The number of amides is 1. The number of nitrogens with zero attached hydrogens (tertiary/aromatic N) is 1. The lowest BCUT2D eigenvalue weighted by Crippen LogP contribution is -2.36. The lowest BCUT2D eigenvalue weighted by atomic mass is 10.0. The van der Waals surface area contributed by atoms with E-state index in [2.05, 4.69) is 12.2 Å². The summed E-state index contributed by atoms with van der Waals surface area (Å²) in [5.41, 5.74) is 4.08. The Bertz CT molecular complexity index is 874. The number of halogens is 1. The molecule has 5 nitrogen and oxygen atoms in total. The highest BCUT2D eigenvalue weighted by atomic mass is 19.1. The van der Waals surface area contributed by atoms with E-state index in [0.717, 1.165) is 25.9 Å². The van der Waals surface area contributed by atoms with Gasteiger partial charge in [0.2, 0.25) is 0 Å². The Morgan fingerprint density at radius 3 is 2.76 bits per heavy atom. The zero-order valence-corrected chi connectivity index (χ0v) is 16.7. The second-order valence-electron chi connectivity index (χ2n) is 7.73. The number of morpholine rings is 1. The fraction of sp³-hybridized carbons (Fsp3) is 0.435. The standard InChI is InChI=1S/C23H27FN2O3/c1-16-4-5-20(12-17(16)14-22-3-2-8-29-22)25-23(27)18-11-19(24)15-21(13-18)26-6-9-28-10-7-26/h4-5,11-13,15,22H,2-3,6-10,14H2,1H3,(H,25,27). The topological polar surface area (TPSA) is 50.8 Å². The molecule has 0 bridgehead atoms. The first kappa shape index (κ1) is 19.9. The first-order chi connectivity index (χ1) is 14.1. The van der Waals surface area contributed by atoms with Gasteiger partial charge in [0.1, 0.15) is 5.82 Å². The van der Waals surface area contributed by atoms with Gasteiger partial charge in [-0.3, -0.25) is 4.79 Å². The van der Waals surface area contributed by atoms with Crippen LogP contribution in [-0.4, -0.2) is 44.9 Å². The Morgan fingerprint density at radius 1 is 1.17 bits per heavy atom. The van der Waals surface area contributed by atoms with Crippen molar-refractivity contribution in [2.75, 3.05) is 43.1 Å². The summed E-state index contributed by atoms with van der Waals surface area (Å²) in [5.74, 6) is -0.729. The molecule has 2 heterocycles. The number of benzene rings is 2. The lowest BCUT2D eigenvalue weighted by Gasteiger charge is -2.29. The minimum Gasteiger partial charge on any atom is -0.378 e. The van der Waals surface area contributed by atoms with Crippen molar-refractivity contribution in [1.29, 1.82) is 0 Å². The van der Waals surface area contributed by atoms with Gasteiger partial charge in [-0.15, -0.1) is 0 Å². The van der Waals surface area contributed by atoms with Gasteiger partial charge in [0.15, 0.2) is 0 Å². The molecule has 1 unspecified atom stereocenters. The highest BCUT2D eigenvalue weighted by molar-refractivity contribution is 6.04. The van der Waals surface area contributed by atoms with Gasteiger partial charge in [-0.25, -0.2) is 4.39 Å². The van der Waals surface area contributed by atoms with Crippen LogP contribution in [0, 0.1) is 12.7 Å². The van der Waals surface area contributed by atoms with Crippen LogP contribution in [-0.2, 0) is 15.9 Å². The summed E-state index contributed by atoms with van der Waals surface area (Å²) in [6.45, 7) is 5.48. The van der Waals surface area contributed by atoms with Crippen LogP contribution in [0.4, 0.5) is 15.8 Å². The minimum atomic E-state index is -0.415. The highest BCUT2D eigenvalue weighted by Crippen LogP contribution is 2.24. The van der Waals surface area contributed by atoms with Gasteiger partial charge in [-0.05, 0) is 67.6 Å². The first-order valence-corrected chi connectivity index (χ1v) is 10.2. The average molecular weight is 398 g/mol. The Labute approximate surface area is 170 Å². The van der Waals surface area contributed by atoms with Crippen LogP contribution >= 0.6 is 0 Å². The molecule has 2 aromatic carbocycles. The van der Waals surface area contributed by atoms with Gasteiger partial charge in [-0.2, -0.15) is 0 Å². The van der Waals surface area contributed by atoms with Crippen LogP contribution in [0.3, 0.4) is 0 Å². The average Bonchev–Trinajstić information content (AvgIpc) is 3.24. The third-order valence-corrected chi connectivity index (χ3v) is 5.60. The Hall–Kier alpha value is -2.44. The number of carbonyl (C=O) groups is 1. The number of aryl methyl sites for hydroxylation is 1. The summed E-state index contributed by atoms with van der Waals surface area (Å²) in [4.78, 5) is 14.8. The normalized spacial score (nSPS) is 19.4. The van der Waals surface area contributed by atoms with Crippen molar-refractivity contribution in [3.63, 3.8) is 0 Å². The molecule has 4 rings (SSSR count). The second kappa shape index (κ2) is 8.93.